The van der Waals surface area contributed by atoms with Gasteiger partial charge in [0.05, 0.1) is 6.54 Å². The lowest BCUT2D eigenvalue weighted by Crippen LogP contribution is -2.54. The second kappa shape index (κ2) is 4.55. The van der Waals surface area contributed by atoms with Crippen LogP contribution in [0.15, 0.2) is 6.33 Å². The zero-order valence-corrected chi connectivity index (χ0v) is 12.7. The van der Waals surface area contributed by atoms with E-state index in [0.29, 0.717) is 11.5 Å². The summed E-state index contributed by atoms with van der Waals surface area (Å²) in [5.74, 6) is 4.13. The molecule has 1 unspecified atom stereocenters. The van der Waals surface area contributed by atoms with Gasteiger partial charge >= 0.3 is 0 Å². The number of nitrogens with zero attached hydrogens (tertiary/aromatic N) is 3. The molecule has 0 radical (unpaired) electrons. The molecule has 0 saturated heterocycles. The summed E-state index contributed by atoms with van der Waals surface area (Å²) in [7, 11) is 2.02. The van der Waals surface area contributed by atoms with Crippen LogP contribution in [-0.2, 0) is 13.6 Å². The molecular weight excluding hydrogens is 248 g/mol. The maximum absolute atomic E-state index is 4.18. The lowest BCUT2D eigenvalue weighted by atomic mass is 9.48. The minimum atomic E-state index is 0.577. The fraction of sp³-hybridized carbons (Fsp3) is 0.875. The van der Waals surface area contributed by atoms with Gasteiger partial charge in [0.2, 0.25) is 0 Å². The van der Waals surface area contributed by atoms with E-state index in [1.165, 1.54) is 38.5 Å². The van der Waals surface area contributed by atoms with Crippen molar-refractivity contribution in [3.8, 4) is 0 Å². The van der Waals surface area contributed by atoms with Crippen LogP contribution in [0, 0.1) is 23.2 Å². The summed E-state index contributed by atoms with van der Waals surface area (Å²) < 4.78 is 2.01. The van der Waals surface area contributed by atoms with Crippen LogP contribution in [0.5, 0.6) is 0 Å². The monoisotopic (exact) mass is 274 g/mol. The molecule has 1 aromatic rings. The summed E-state index contributed by atoms with van der Waals surface area (Å²) in [6.07, 6.45) is 10.7. The van der Waals surface area contributed by atoms with Gasteiger partial charge in [-0.05, 0) is 68.6 Å². The molecule has 0 aromatic carbocycles. The zero-order valence-electron chi connectivity index (χ0n) is 12.7. The lowest BCUT2D eigenvalue weighted by Gasteiger charge is -2.59. The fourth-order valence-electron chi connectivity index (χ4n) is 5.64. The minimum absolute atomic E-state index is 0.577. The summed E-state index contributed by atoms with van der Waals surface area (Å²) >= 11 is 0. The Morgan fingerprint density at radius 1 is 1.25 bits per heavy atom. The third kappa shape index (κ3) is 2.00. The van der Waals surface area contributed by atoms with Crippen LogP contribution in [0.3, 0.4) is 0 Å². The molecule has 0 amide bonds. The highest BCUT2D eigenvalue weighted by atomic mass is 15.3. The number of aryl methyl sites for hydroxylation is 1. The predicted octanol–water partition coefficient (Wildman–Crippen LogP) is 2.51. The van der Waals surface area contributed by atoms with E-state index in [1.54, 1.807) is 6.33 Å². The van der Waals surface area contributed by atoms with E-state index < -0.39 is 0 Å². The topological polar surface area (TPSA) is 42.7 Å². The molecule has 1 heterocycles. The summed E-state index contributed by atoms with van der Waals surface area (Å²) in [5, 5.41) is 11.9. The Balaban J connectivity index is 1.45. The molecular formula is C16H26N4. The van der Waals surface area contributed by atoms with Gasteiger partial charge in [0.1, 0.15) is 12.2 Å². The van der Waals surface area contributed by atoms with Crippen molar-refractivity contribution in [2.75, 3.05) is 0 Å². The molecule has 4 aliphatic rings. The van der Waals surface area contributed by atoms with Crippen LogP contribution in [0.1, 0.15) is 51.3 Å². The van der Waals surface area contributed by atoms with Crippen LogP contribution in [0.25, 0.3) is 0 Å². The normalized spacial score (nSPS) is 40.2. The number of hydrogen-bond acceptors (Lipinski definition) is 3. The van der Waals surface area contributed by atoms with Gasteiger partial charge in [-0.15, -0.1) is 10.2 Å². The van der Waals surface area contributed by atoms with Gasteiger partial charge in [-0.1, -0.05) is 0 Å². The highest BCUT2D eigenvalue weighted by Gasteiger charge is 2.52. The average Bonchev–Trinajstić information content (AvgIpc) is 2.80. The molecule has 0 spiro atoms. The number of hydrogen-bond donors (Lipinski definition) is 1. The summed E-state index contributed by atoms with van der Waals surface area (Å²) in [6, 6.07) is 0.604. The third-order valence-corrected chi connectivity index (χ3v) is 6.38. The Morgan fingerprint density at radius 2 is 1.85 bits per heavy atom. The Morgan fingerprint density at radius 3 is 2.35 bits per heavy atom. The standard InChI is InChI=1S/C16H26N4/c1-11(17-9-15-19-18-10-20(15)2)16-6-12-3-13(7-16)5-14(4-12)8-16/h10-14,17H,3-9H2,1-2H3. The SMILES string of the molecule is CC(NCc1nncn1C)C12CC3CC(CC(C3)C1)C2. The van der Waals surface area contributed by atoms with Crippen molar-refractivity contribution >= 4 is 0 Å². The van der Waals surface area contributed by atoms with E-state index in [0.717, 1.165) is 30.1 Å². The number of aromatic nitrogens is 3. The Kier molecular flexibility index (Phi) is 2.92. The molecule has 110 valence electrons. The molecule has 0 aliphatic heterocycles. The highest BCUT2D eigenvalue weighted by Crippen LogP contribution is 2.61. The van der Waals surface area contributed by atoms with E-state index in [-0.39, 0.29) is 0 Å². The summed E-state index contributed by atoms with van der Waals surface area (Å²) in [5.41, 5.74) is 0.577. The summed E-state index contributed by atoms with van der Waals surface area (Å²) in [6.45, 7) is 3.25. The van der Waals surface area contributed by atoms with Crippen molar-refractivity contribution in [3.63, 3.8) is 0 Å². The van der Waals surface area contributed by atoms with Crippen molar-refractivity contribution < 1.29 is 0 Å². The molecule has 4 heteroatoms. The maximum Gasteiger partial charge on any atom is 0.146 e. The third-order valence-electron chi connectivity index (χ3n) is 6.38. The molecule has 1 N–H and O–H groups in total. The van der Waals surface area contributed by atoms with E-state index in [4.69, 9.17) is 0 Å². The molecule has 20 heavy (non-hydrogen) atoms. The molecule has 4 fully saturated rings. The quantitative estimate of drug-likeness (QED) is 0.917. The largest absolute Gasteiger partial charge is 0.320 e. The molecule has 1 aromatic heterocycles. The molecule has 4 nitrogen and oxygen atoms in total. The van der Waals surface area contributed by atoms with Crippen LogP contribution < -0.4 is 5.32 Å². The van der Waals surface area contributed by atoms with Crippen LogP contribution >= 0.6 is 0 Å². The lowest BCUT2D eigenvalue weighted by molar-refractivity contribution is -0.0707. The molecule has 4 saturated carbocycles. The first-order valence-corrected chi connectivity index (χ1v) is 8.21. The first kappa shape index (κ1) is 12.8. The van der Waals surface area contributed by atoms with Gasteiger partial charge in [-0.2, -0.15) is 0 Å². The second-order valence-corrected chi connectivity index (χ2v) is 7.74. The van der Waals surface area contributed by atoms with E-state index in [2.05, 4.69) is 22.4 Å². The Bertz CT molecular complexity index is 457. The van der Waals surface area contributed by atoms with Crippen molar-refractivity contribution in [2.45, 2.75) is 58.0 Å². The molecule has 4 aliphatic carbocycles. The van der Waals surface area contributed by atoms with Crippen LogP contribution in [0.2, 0.25) is 0 Å². The molecule has 1 atom stereocenters. The van der Waals surface area contributed by atoms with E-state index in [9.17, 15) is 0 Å². The first-order chi connectivity index (χ1) is 9.64. The van der Waals surface area contributed by atoms with Crippen molar-refractivity contribution in [2.24, 2.45) is 30.2 Å². The van der Waals surface area contributed by atoms with Crippen LogP contribution in [0.4, 0.5) is 0 Å². The van der Waals surface area contributed by atoms with Gasteiger partial charge in [-0.25, -0.2) is 0 Å². The highest BCUT2D eigenvalue weighted by molar-refractivity contribution is 5.05. The molecule has 5 rings (SSSR count). The zero-order chi connectivity index (χ0) is 13.7. The Labute approximate surface area is 121 Å². The van der Waals surface area contributed by atoms with Crippen molar-refractivity contribution in [1.82, 2.24) is 20.1 Å². The average molecular weight is 274 g/mol. The summed E-state index contributed by atoms with van der Waals surface area (Å²) in [4.78, 5) is 0. The maximum atomic E-state index is 4.18. The fourth-order valence-corrected chi connectivity index (χ4v) is 5.64. The predicted molar refractivity (Wildman–Crippen MR) is 77.9 cm³/mol. The second-order valence-electron chi connectivity index (χ2n) is 7.74. The van der Waals surface area contributed by atoms with Gasteiger partial charge < -0.3 is 9.88 Å². The Hall–Kier alpha value is -0.900. The van der Waals surface area contributed by atoms with Crippen molar-refractivity contribution in [3.05, 3.63) is 12.2 Å². The van der Waals surface area contributed by atoms with E-state index in [1.807, 2.05) is 11.6 Å². The van der Waals surface area contributed by atoms with Gasteiger partial charge in [0, 0.05) is 13.1 Å². The molecule has 4 bridgehead atoms. The van der Waals surface area contributed by atoms with Gasteiger partial charge in [0.25, 0.3) is 0 Å². The van der Waals surface area contributed by atoms with Crippen molar-refractivity contribution in [1.29, 1.82) is 0 Å². The number of nitrogens with one attached hydrogen (secondary N) is 1. The first-order valence-electron chi connectivity index (χ1n) is 8.21. The number of rotatable bonds is 4. The van der Waals surface area contributed by atoms with Crippen LogP contribution in [-0.4, -0.2) is 20.8 Å². The van der Waals surface area contributed by atoms with E-state index >= 15 is 0 Å². The van der Waals surface area contributed by atoms with Gasteiger partial charge in [0.15, 0.2) is 0 Å². The smallest absolute Gasteiger partial charge is 0.146 e. The minimum Gasteiger partial charge on any atom is -0.320 e. The van der Waals surface area contributed by atoms with Gasteiger partial charge in [-0.3, -0.25) is 0 Å².